The first-order valence-corrected chi connectivity index (χ1v) is 12.5. The molecule has 2 N–H and O–H groups in total. The number of anilines is 1. The molecule has 11 heteroatoms. The van der Waals surface area contributed by atoms with Crippen molar-refractivity contribution in [2.45, 2.75) is 12.5 Å². The highest BCUT2D eigenvalue weighted by atomic mass is 32.1. The van der Waals surface area contributed by atoms with Crippen molar-refractivity contribution >= 4 is 28.3 Å². The third-order valence-corrected chi connectivity index (χ3v) is 6.68. The van der Waals surface area contributed by atoms with Crippen LogP contribution in [0.4, 0.5) is 5.13 Å². The summed E-state index contributed by atoms with van der Waals surface area (Å²) in [5.74, 6) is 1.34. The van der Waals surface area contributed by atoms with Crippen molar-refractivity contribution in [3.05, 3.63) is 77.9 Å². The van der Waals surface area contributed by atoms with Crippen LogP contribution in [0.5, 0.6) is 23.0 Å². The number of rotatable bonds is 9. The largest absolute Gasteiger partial charge is 0.497 e. The molecule has 1 aromatic heterocycles. The smallest absolute Gasteiger partial charge is 0.252 e. The summed E-state index contributed by atoms with van der Waals surface area (Å²) in [7, 11) is 3.00. The van der Waals surface area contributed by atoms with Gasteiger partial charge in [-0.1, -0.05) is 41.7 Å². The Morgan fingerprint density at radius 1 is 0.947 bits per heavy atom. The van der Waals surface area contributed by atoms with E-state index in [1.165, 1.54) is 25.6 Å². The number of nitrogens with zero attached hydrogens (tertiary/aromatic N) is 2. The molecule has 5 rings (SSSR count). The number of carbonyl (C=O) groups excluding carboxylic acids is 2. The third kappa shape index (κ3) is 5.68. The van der Waals surface area contributed by atoms with Crippen LogP contribution in [0.2, 0.25) is 0 Å². The highest BCUT2D eigenvalue weighted by Gasteiger charge is 2.24. The second-order valence-electron chi connectivity index (χ2n) is 8.29. The number of amides is 2. The lowest BCUT2D eigenvalue weighted by molar-refractivity contribution is -0.118. The average molecular weight is 533 g/mol. The molecular weight excluding hydrogens is 508 g/mol. The summed E-state index contributed by atoms with van der Waals surface area (Å²) in [5.41, 5.74) is 1.97. The molecule has 2 heterocycles. The van der Waals surface area contributed by atoms with E-state index in [9.17, 15) is 9.59 Å². The molecule has 4 aromatic rings. The lowest BCUT2D eigenvalue weighted by Gasteiger charge is -2.18. The molecule has 1 unspecified atom stereocenters. The quantitative estimate of drug-likeness (QED) is 0.333. The lowest BCUT2D eigenvalue weighted by Crippen LogP contribution is -2.45. The van der Waals surface area contributed by atoms with Gasteiger partial charge in [0.1, 0.15) is 22.5 Å². The van der Waals surface area contributed by atoms with E-state index in [-0.39, 0.29) is 13.2 Å². The van der Waals surface area contributed by atoms with Crippen molar-refractivity contribution < 1.29 is 28.5 Å². The molecule has 10 nitrogen and oxygen atoms in total. The Hall–Kier alpha value is -4.64. The van der Waals surface area contributed by atoms with Gasteiger partial charge >= 0.3 is 0 Å². The molecule has 3 aromatic carbocycles. The lowest BCUT2D eigenvalue weighted by atomic mass is 10.0. The van der Waals surface area contributed by atoms with Gasteiger partial charge in [-0.15, -0.1) is 10.2 Å². The molecule has 1 aliphatic rings. The average Bonchev–Trinajstić information content (AvgIpc) is 3.62. The van der Waals surface area contributed by atoms with Crippen LogP contribution in [0.15, 0.2) is 66.7 Å². The summed E-state index contributed by atoms with van der Waals surface area (Å²) in [4.78, 5) is 26.5. The van der Waals surface area contributed by atoms with E-state index >= 15 is 0 Å². The van der Waals surface area contributed by atoms with E-state index in [4.69, 9.17) is 18.9 Å². The summed E-state index contributed by atoms with van der Waals surface area (Å²) in [6.45, 7) is 0.174. The van der Waals surface area contributed by atoms with Gasteiger partial charge in [0, 0.05) is 23.6 Å². The fourth-order valence-corrected chi connectivity index (χ4v) is 4.59. The van der Waals surface area contributed by atoms with Gasteiger partial charge in [0.2, 0.25) is 17.8 Å². The molecule has 0 radical (unpaired) electrons. The third-order valence-electron chi connectivity index (χ3n) is 5.79. The summed E-state index contributed by atoms with van der Waals surface area (Å²) in [6, 6.07) is 18.8. The van der Waals surface area contributed by atoms with E-state index < -0.39 is 17.9 Å². The van der Waals surface area contributed by atoms with Crippen molar-refractivity contribution in [1.82, 2.24) is 15.5 Å². The zero-order valence-electron chi connectivity index (χ0n) is 20.6. The Morgan fingerprint density at radius 3 is 2.42 bits per heavy atom. The summed E-state index contributed by atoms with van der Waals surface area (Å²) < 4.78 is 21.3. The molecule has 0 fully saturated rings. The minimum atomic E-state index is -0.889. The minimum Gasteiger partial charge on any atom is -0.497 e. The van der Waals surface area contributed by atoms with Gasteiger partial charge in [0.05, 0.1) is 14.2 Å². The predicted octanol–water partition coefficient (Wildman–Crippen LogP) is 3.93. The molecule has 0 saturated heterocycles. The molecule has 1 aliphatic heterocycles. The molecule has 2 amide bonds. The van der Waals surface area contributed by atoms with Crippen LogP contribution < -0.4 is 29.6 Å². The standard InChI is InChI=1S/C27H24N4O6S/c1-34-19-11-18(12-20(14-19)35-2)24(32)28-21(10-16-6-4-3-5-7-16)25(33)29-27-31-30-26(38-27)17-8-9-22-23(13-17)37-15-36-22/h3-9,11-14,21H,10,15H2,1-2H3,(H,28,32)(H,29,31,33). The highest BCUT2D eigenvalue weighted by molar-refractivity contribution is 7.18. The number of nitrogens with one attached hydrogen (secondary N) is 2. The van der Waals surface area contributed by atoms with Crippen LogP contribution in [0.1, 0.15) is 15.9 Å². The van der Waals surface area contributed by atoms with Gasteiger partial charge in [-0.2, -0.15) is 0 Å². The van der Waals surface area contributed by atoms with Gasteiger partial charge in [-0.05, 0) is 35.9 Å². The SMILES string of the molecule is COc1cc(OC)cc(C(=O)NC(Cc2ccccc2)C(=O)Nc2nnc(-c3ccc4c(c3)OCO4)s2)c1. The zero-order valence-corrected chi connectivity index (χ0v) is 21.4. The number of carbonyl (C=O) groups is 2. The number of benzene rings is 3. The summed E-state index contributed by atoms with van der Waals surface area (Å²) in [6.07, 6.45) is 0.271. The van der Waals surface area contributed by atoms with Gasteiger partial charge in [0.25, 0.3) is 5.91 Å². The molecule has 0 spiro atoms. The van der Waals surface area contributed by atoms with Crippen LogP contribution in [-0.4, -0.2) is 49.1 Å². The number of fused-ring (bicyclic) bond motifs is 1. The number of methoxy groups -OCH3 is 2. The predicted molar refractivity (Wildman–Crippen MR) is 141 cm³/mol. The fraction of sp³-hybridized carbons (Fsp3) is 0.185. The number of ether oxygens (including phenoxy) is 4. The minimum absolute atomic E-state index is 0.174. The van der Waals surface area contributed by atoms with Gasteiger partial charge < -0.3 is 24.3 Å². The molecule has 0 bridgehead atoms. The van der Waals surface area contributed by atoms with Crippen molar-refractivity contribution in [2.75, 3.05) is 26.3 Å². The van der Waals surface area contributed by atoms with Crippen LogP contribution in [0, 0.1) is 0 Å². The van der Waals surface area contributed by atoms with Gasteiger partial charge in [-0.25, -0.2) is 0 Å². The van der Waals surface area contributed by atoms with Crippen molar-refractivity contribution in [3.8, 4) is 33.6 Å². The zero-order chi connectivity index (χ0) is 26.5. The van der Waals surface area contributed by atoms with E-state index in [0.717, 1.165) is 11.1 Å². The number of hydrogen-bond acceptors (Lipinski definition) is 9. The first-order chi connectivity index (χ1) is 18.5. The molecule has 38 heavy (non-hydrogen) atoms. The Kier molecular flexibility index (Phi) is 7.36. The highest BCUT2D eigenvalue weighted by Crippen LogP contribution is 2.37. The molecule has 0 aliphatic carbocycles. The van der Waals surface area contributed by atoms with E-state index in [1.54, 1.807) is 24.3 Å². The van der Waals surface area contributed by atoms with Crippen molar-refractivity contribution in [3.63, 3.8) is 0 Å². The number of aromatic nitrogens is 2. The monoisotopic (exact) mass is 532 g/mol. The maximum absolute atomic E-state index is 13.4. The summed E-state index contributed by atoms with van der Waals surface area (Å²) in [5, 5.41) is 14.8. The van der Waals surface area contributed by atoms with E-state index in [1.807, 2.05) is 42.5 Å². The van der Waals surface area contributed by atoms with Gasteiger partial charge in [0.15, 0.2) is 11.5 Å². The molecule has 194 valence electrons. The Morgan fingerprint density at radius 2 is 1.68 bits per heavy atom. The van der Waals surface area contributed by atoms with Crippen LogP contribution in [0.25, 0.3) is 10.6 Å². The van der Waals surface area contributed by atoms with E-state index in [2.05, 4.69) is 20.8 Å². The van der Waals surface area contributed by atoms with Crippen molar-refractivity contribution in [1.29, 1.82) is 0 Å². The van der Waals surface area contributed by atoms with E-state index in [0.29, 0.717) is 38.7 Å². The maximum atomic E-state index is 13.4. The molecular formula is C27H24N4O6S. The Labute approximate surface area is 222 Å². The normalized spacial score (nSPS) is 12.5. The Balaban J connectivity index is 1.34. The van der Waals surface area contributed by atoms with Crippen LogP contribution in [0.3, 0.4) is 0 Å². The second kappa shape index (κ2) is 11.2. The van der Waals surface area contributed by atoms with Crippen LogP contribution >= 0.6 is 11.3 Å². The fourth-order valence-electron chi connectivity index (χ4n) is 3.85. The van der Waals surface area contributed by atoms with Crippen molar-refractivity contribution in [2.24, 2.45) is 0 Å². The Bertz CT molecular complexity index is 1440. The summed E-state index contributed by atoms with van der Waals surface area (Å²) >= 11 is 1.21. The topological polar surface area (TPSA) is 121 Å². The maximum Gasteiger partial charge on any atom is 0.252 e. The molecule has 0 saturated carbocycles. The van der Waals surface area contributed by atoms with Crippen LogP contribution in [-0.2, 0) is 11.2 Å². The second-order valence-corrected chi connectivity index (χ2v) is 9.26. The first-order valence-electron chi connectivity index (χ1n) is 11.6. The number of hydrogen-bond donors (Lipinski definition) is 2. The molecule has 1 atom stereocenters. The van der Waals surface area contributed by atoms with Gasteiger partial charge in [-0.3, -0.25) is 14.9 Å². The first kappa shape index (κ1) is 25.0.